The Morgan fingerprint density at radius 1 is 1.41 bits per heavy atom. The molecule has 0 unspecified atom stereocenters. The Labute approximate surface area is 102 Å². The summed E-state index contributed by atoms with van der Waals surface area (Å²) < 4.78 is 0.322. The summed E-state index contributed by atoms with van der Waals surface area (Å²) in [5, 5.41) is 0. The van der Waals surface area contributed by atoms with Crippen molar-refractivity contribution in [1.82, 2.24) is 4.90 Å². The largest absolute Gasteiger partial charge is 0.369 e. The molecular weight excluding hydrogens is 218 g/mol. The number of primary amides is 1. The van der Waals surface area contributed by atoms with Crippen molar-refractivity contribution in [3.8, 4) is 0 Å². The van der Waals surface area contributed by atoms with Crippen LogP contribution in [0.5, 0.6) is 0 Å². The van der Waals surface area contributed by atoms with Gasteiger partial charge in [0.2, 0.25) is 5.91 Å². The van der Waals surface area contributed by atoms with Crippen molar-refractivity contribution in [3.63, 3.8) is 0 Å². The van der Waals surface area contributed by atoms with Gasteiger partial charge < -0.3 is 5.73 Å². The van der Waals surface area contributed by atoms with Crippen LogP contribution in [0.4, 0.5) is 0 Å². The maximum atomic E-state index is 12.0. The Balaban J connectivity index is 2.71. The molecule has 1 fully saturated rings. The monoisotopic (exact) mass is 240 g/mol. The molecule has 0 saturated carbocycles. The van der Waals surface area contributed by atoms with E-state index in [1.807, 2.05) is 0 Å². The van der Waals surface area contributed by atoms with Crippen LogP contribution in [0.3, 0.4) is 0 Å². The summed E-state index contributed by atoms with van der Waals surface area (Å²) in [4.78, 5) is 25.2. The second-order valence-electron chi connectivity index (χ2n) is 4.51. The summed E-state index contributed by atoms with van der Waals surface area (Å²) in [6, 6.07) is 0. The average Bonchev–Trinajstić information content (AvgIpc) is 2.36. The van der Waals surface area contributed by atoms with Gasteiger partial charge in [-0.1, -0.05) is 13.5 Å². The van der Waals surface area contributed by atoms with E-state index in [2.05, 4.69) is 18.4 Å². The highest BCUT2D eigenvalue weighted by Gasteiger charge is 2.38. The third-order valence-corrected chi connectivity index (χ3v) is 3.56. The predicted octanol–water partition coefficient (Wildman–Crippen LogP) is -0.273. The van der Waals surface area contributed by atoms with Crippen LogP contribution in [0.15, 0.2) is 12.7 Å². The fourth-order valence-corrected chi connectivity index (χ4v) is 2.28. The van der Waals surface area contributed by atoms with E-state index in [0.717, 1.165) is 32.7 Å². The highest BCUT2D eigenvalue weighted by atomic mass is 16.2. The summed E-state index contributed by atoms with van der Waals surface area (Å²) in [7, 11) is 0. The van der Waals surface area contributed by atoms with Gasteiger partial charge >= 0.3 is 5.91 Å². The zero-order chi connectivity index (χ0) is 12.9. The van der Waals surface area contributed by atoms with Crippen molar-refractivity contribution >= 4 is 11.8 Å². The second-order valence-corrected chi connectivity index (χ2v) is 4.51. The Bertz CT molecular complexity index is 307. The van der Waals surface area contributed by atoms with Gasteiger partial charge in [0.05, 0.1) is 26.1 Å². The quantitative estimate of drug-likeness (QED) is 0.531. The molecule has 0 aromatic carbocycles. The molecule has 5 nitrogen and oxygen atoms in total. The van der Waals surface area contributed by atoms with Crippen molar-refractivity contribution in [2.24, 2.45) is 5.73 Å². The van der Waals surface area contributed by atoms with Gasteiger partial charge in [0.15, 0.2) is 0 Å². The number of likely N-dealkylation sites (N-methyl/N-ethyl adjacent to an activating group) is 1. The van der Waals surface area contributed by atoms with E-state index < -0.39 is 0 Å². The van der Waals surface area contributed by atoms with E-state index in [4.69, 9.17) is 5.73 Å². The lowest BCUT2D eigenvalue weighted by atomic mass is 10.2. The van der Waals surface area contributed by atoms with Gasteiger partial charge in [-0.2, -0.15) is 0 Å². The molecule has 1 heterocycles. The number of nitrogens with two attached hydrogens (primary N) is 1. The van der Waals surface area contributed by atoms with E-state index >= 15 is 0 Å². The summed E-state index contributed by atoms with van der Waals surface area (Å²) >= 11 is 0. The van der Waals surface area contributed by atoms with Crippen LogP contribution < -0.4 is 5.73 Å². The van der Waals surface area contributed by atoms with E-state index in [9.17, 15) is 9.59 Å². The number of nitrogens with zero attached hydrogens (tertiary/aromatic N) is 2. The van der Waals surface area contributed by atoms with Crippen LogP contribution >= 0.6 is 0 Å². The fraction of sp³-hybridized carbons (Fsp3) is 0.667. The number of hydrogen-bond donors (Lipinski definition) is 1. The smallest absolute Gasteiger partial charge is 0.338 e. The molecule has 0 spiro atoms. The number of amides is 2. The van der Waals surface area contributed by atoms with Crippen molar-refractivity contribution in [2.75, 3.05) is 39.3 Å². The van der Waals surface area contributed by atoms with Gasteiger partial charge in [-0.15, -0.1) is 0 Å². The Morgan fingerprint density at radius 2 is 2.00 bits per heavy atom. The van der Waals surface area contributed by atoms with Gasteiger partial charge in [0.1, 0.15) is 0 Å². The maximum absolute atomic E-state index is 12.0. The molecule has 0 radical (unpaired) electrons. The van der Waals surface area contributed by atoms with Crippen LogP contribution in [0.2, 0.25) is 0 Å². The van der Waals surface area contributed by atoms with Gasteiger partial charge in [-0.05, 0) is 6.54 Å². The minimum atomic E-state index is -0.350. The van der Waals surface area contributed by atoms with Gasteiger partial charge in [0.25, 0.3) is 0 Å². The molecule has 1 aliphatic heterocycles. The Hall–Kier alpha value is -1.20. The van der Waals surface area contributed by atoms with Crippen LogP contribution in [0.1, 0.15) is 13.3 Å². The molecule has 5 heteroatoms. The highest BCUT2D eigenvalue weighted by Crippen LogP contribution is 2.15. The van der Waals surface area contributed by atoms with Gasteiger partial charge in [-0.25, -0.2) is 4.79 Å². The predicted molar refractivity (Wildman–Crippen MR) is 66.0 cm³/mol. The van der Waals surface area contributed by atoms with Crippen LogP contribution in [-0.2, 0) is 9.59 Å². The van der Waals surface area contributed by atoms with Crippen molar-refractivity contribution < 1.29 is 14.1 Å². The van der Waals surface area contributed by atoms with Crippen LogP contribution in [0, 0.1) is 0 Å². The maximum Gasteiger partial charge on any atom is 0.338 e. The molecule has 0 atom stereocenters. The lowest BCUT2D eigenvalue weighted by Gasteiger charge is -2.41. The molecule has 1 rings (SSSR count). The van der Waals surface area contributed by atoms with Crippen LogP contribution in [0.25, 0.3) is 0 Å². The molecule has 0 aliphatic carbocycles. The molecule has 17 heavy (non-hydrogen) atoms. The van der Waals surface area contributed by atoms with E-state index in [1.165, 1.54) is 6.08 Å². The molecule has 0 aromatic rings. The normalized spacial score (nSPS) is 19.8. The minimum Gasteiger partial charge on any atom is -0.369 e. The number of piperazine rings is 1. The van der Waals surface area contributed by atoms with E-state index in [0.29, 0.717) is 11.0 Å². The topological polar surface area (TPSA) is 63.4 Å². The van der Waals surface area contributed by atoms with E-state index in [1.54, 1.807) is 0 Å². The second kappa shape index (κ2) is 5.93. The first kappa shape index (κ1) is 13.9. The molecule has 96 valence electrons. The fourth-order valence-electron chi connectivity index (χ4n) is 2.28. The van der Waals surface area contributed by atoms with Crippen molar-refractivity contribution in [2.45, 2.75) is 13.3 Å². The molecule has 0 bridgehead atoms. The number of quaternary nitrogens is 1. The zero-order valence-corrected chi connectivity index (χ0v) is 10.5. The SMILES string of the molecule is C=CC(=O)[N+]1(CCC(N)=O)CCN(CC)CC1. The van der Waals surface area contributed by atoms with Gasteiger partial charge in [0, 0.05) is 19.2 Å². The third-order valence-electron chi connectivity index (χ3n) is 3.56. The number of carbonyl (C=O) groups excluding carboxylic acids is 2. The first-order valence-corrected chi connectivity index (χ1v) is 6.08. The molecule has 2 N–H and O–H groups in total. The molecule has 0 aromatic heterocycles. The summed E-state index contributed by atoms with van der Waals surface area (Å²) in [5.74, 6) is -0.348. The Morgan fingerprint density at radius 3 is 2.41 bits per heavy atom. The summed E-state index contributed by atoms with van der Waals surface area (Å²) in [6.07, 6.45) is 1.62. The van der Waals surface area contributed by atoms with Crippen LogP contribution in [-0.4, -0.2) is 60.5 Å². The summed E-state index contributed by atoms with van der Waals surface area (Å²) in [6.45, 7) is 10.4. The molecule has 1 aliphatic rings. The molecular formula is C12H22N3O2+. The first-order valence-electron chi connectivity index (χ1n) is 6.08. The minimum absolute atomic E-state index is 0.00185. The number of carbonyl (C=O) groups is 2. The third kappa shape index (κ3) is 3.38. The number of rotatable bonds is 5. The molecule has 1 saturated heterocycles. The lowest BCUT2D eigenvalue weighted by Crippen LogP contribution is -2.62. The lowest BCUT2D eigenvalue weighted by molar-refractivity contribution is -0.856. The summed E-state index contributed by atoms with van der Waals surface area (Å²) in [5.41, 5.74) is 5.17. The van der Waals surface area contributed by atoms with Crippen molar-refractivity contribution in [1.29, 1.82) is 0 Å². The average molecular weight is 240 g/mol. The number of hydrogen-bond acceptors (Lipinski definition) is 3. The first-order chi connectivity index (χ1) is 8.04. The molecule has 2 amide bonds. The van der Waals surface area contributed by atoms with Gasteiger partial charge in [-0.3, -0.25) is 14.2 Å². The Kier molecular flexibility index (Phi) is 4.84. The highest BCUT2D eigenvalue weighted by molar-refractivity contribution is 5.81. The van der Waals surface area contributed by atoms with E-state index in [-0.39, 0.29) is 18.2 Å². The van der Waals surface area contributed by atoms with Crippen molar-refractivity contribution in [3.05, 3.63) is 12.7 Å². The zero-order valence-electron chi connectivity index (χ0n) is 10.5. The standard InChI is InChI=1S/C12H21N3O2/c1-3-12(17)15(8-5-11(13)16)9-6-14(4-2)7-10-15/h3H,1,4-10H2,2H3,(H-,13,16)/p+1.